The van der Waals surface area contributed by atoms with Crippen molar-refractivity contribution in [3.8, 4) is 10.7 Å². The van der Waals surface area contributed by atoms with Crippen LogP contribution in [0.25, 0.3) is 10.7 Å². The first-order valence-corrected chi connectivity index (χ1v) is 8.73. The summed E-state index contributed by atoms with van der Waals surface area (Å²) < 4.78 is 13.1. The van der Waals surface area contributed by atoms with E-state index < -0.39 is 0 Å². The van der Waals surface area contributed by atoms with Gasteiger partial charge in [-0.3, -0.25) is 9.58 Å². The Hall–Kier alpha value is -2.10. The van der Waals surface area contributed by atoms with Gasteiger partial charge in [-0.15, -0.1) is 11.3 Å². The molecule has 0 aromatic carbocycles. The fourth-order valence-electron chi connectivity index (χ4n) is 2.81. The zero-order chi connectivity index (χ0) is 16.4. The minimum Gasteiger partial charge on any atom is -0.374 e. The number of hydrogen-bond acceptors (Lipinski definition) is 8. The van der Waals surface area contributed by atoms with Crippen LogP contribution < -0.4 is 0 Å². The van der Waals surface area contributed by atoms with Crippen molar-refractivity contribution in [1.82, 2.24) is 29.8 Å². The van der Waals surface area contributed by atoms with Crippen molar-refractivity contribution in [2.75, 3.05) is 19.7 Å². The van der Waals surface area contributed by atoms with Crippen molar-refractivity contribution < 1.29 is 9.26 Å². The van der Waals surface area contributed by atoms with Crippen molar-refractivity contribution >= 4 is 11.3 Å². The Labute approximate surface area is 143 Å². The minimum atomic E-state index is 0.0494. The molecule has 0 unspecified atom stereocenters. The van der Waals surface area contributed by atoms with E-state index in [1.54, 1.807) is 22.3 Å². The number of morpholine rings is 1. The molecule has 1 aliphatic rings. The fourth-order valence-corrected chi connectivity index (χ4v) is 3.46. The van der Waals surface area contributed by atoms with E-state index in [1.165, 1.54) is 6.33 Å². The van der Waals surface area contributed by atoms with Gasteiger partial charge in [-0.25, -0.2) is 4.98 Å². The molecule has 2 atom stereocenters. The SMILES string of the molecule is C[C@@H](c1nc(-c2cccs2)no1)N1CCO[C@H](Cn2cncn2)C1. The van der Waals surface area contributed by atoms with Gasteiger partial charge in [0.1, 0.15) is 12.7 Å². The molecule has 4 heterocycles. The molecular weight excluding hydrogens is 328 g/mol. The Morgan fingerprint density at radius 3 is 3.21 bits per heavy atom. The maximum atomic E-state index is 5.84. The quantitative estimate of drug-likeness (QED) is 0.697. The van der Waals surface area contributed by atoms with Crippen LogP contribution in [0.4, 0.5) is 0 Å². The van der Waals surface area contributed by atoms with Crippen LogP contribution in [0.2, 0.25) is 0 Å². The second-order valence-electron chi connectivity index (χ2n) is 5.71. The van der Waals surface area contributed by atoms with E-state index in [2.05, 4.69) is 32.0 Å². The molecule has 0 N–H and O–H groups in total. The lowest BCUT2D eigenvalue weighted by atomic mass is 10.2. The molecule has 8 nitrogen and oxygen atoms in total. The van der Waals surface area contributed by atoms with Crippen LogP contribution in [-0.2, 0) is 11.3 Å². The van der Waals surface area contributed by atoms with Crippen molar-refractivity contribution in [3.05, 3.63) is 36.1 Å². The fraction of sp³-hybridized carbons (Fsp3) is 0.467. The van der Waals surface area contributed by atoms with Crippen molar-refractivity contribution in [2.45, 2.75) is 25.6 Å². The lowest BCUT2D eigenvalue weighted by Crippen LogP contribution is -2.45. The summed E-state index contributed by atoms with van der Waals surface area (Å²) >= 11 is 1.60. The molecule has 126 valence electrons. The largest absolute Gasteiger partial charge is 0.374 e. The first-order valence-electron chi connectivity index (χ1n) is 7.85. The molecule has 3 aromatic heterocycles. The van der Waals surface area contributed by atoms with Gasteiger partial charge in [0.2, 0.25) is 11.7 Å². The number of rotatable bonds is 5. The molecule has 0 amide bonds. The van der Waals surface area contributed by atoms with Gasteiger partial charge < -0.3 is 9.26 Å². The van der Waals surface area contributed by atoms with Crippen molar-refractivity contribution in [2.24, 2.45) is 0 Å². The van der Waals surface area contributed by atoms with E-state index in [1.807, 2.05) is 17.5 Å². The summed E-state index contributed by atoms with van der Waals surface area (Å²) in [6, 6.07) is 4.02. The summed E-state index contributed by atoms with van der Waals surface area (Å²) in [7, 11) is 0. The smallest absolute Gasteiger partial charge is 0.244 e. The summed E-state index contributed by atoms with van der Waals surface area (Å²) in [5.41, 5.74) is 0. The highest BCUT2D eigenvalue weighted by atomic mass is 32.1. The molecule has 0 radical (unpaired) electrons. The predicted octanol–water partition coefficient (Wildman–Crippen LogP) is 1.85. The van der Waals surface area contributed by atoms with Crippen LogP contribution in [0.1, 0.15) is 18.9 Å². The summed E-state index contributed by atoms with van der Waals surface area (Å²) in [5.74, 6) is 1.29. The lowest BCUT2D eigenvalue weighted by Gasteiger charge is -2.35. The zero-order valence-electron chi connectivity index (χ0n) is 13.3. The third-order valence-corrected chi connectivity index (χ3v) is 4.98. The molecule has 1 saturated heterocycles. The van der Waals surface area contributed by atoms with Crippen molar-refractivity contribution in [3.63, 3.8) is 0 Å². The number of aromatic nitrogens is 5. The van der Waals surface area contributed by atoms with Gasteiger partial charge in [-0.05, 0) is 18.4 Å². The number of ether oxygens (including phenoxy) is 1. The van der Waals surface area contributed by atoms with Gasteiger partial charge in [-0.1, -0.05) is 11.2 Å². The topological polar surface area (TPSA) is 82.1 Å². The normalized spacial score (nSPS) is 20.3. The first kappa shape index (κ1) is 15.4. The molecule has 0 bridgehead atoms. The number of thiophene rings is 1. The maximum Gasteiger partial charge on any atom is 0.244 e. The summed E-state index contributed by atoms with van der Waals surface area (Å²) in [6.45, 7) is 5.08. The van der Waals surface area contributed by atoms with Gasteiger partial charge in [0.25, 0.3) is 0 Å². The second kappa shape index (κ2) is 6.80. The molecule has 0 aliphatic carbocycles. The number of nitrogens with zero attached hydrogens (tertiary/aromatic N) is 6. The third-order valence-electron chi connectivity index (χ3n) is 4.12. The van der Waals surface area contributed by atoms with Gasteiger partial charge >= 0.3 is 0 Å². The zero-order valence-corrected chi connectivity index (χ0v) is 14.1. The molecule has 9 heteroatoms. The lowest BCUT2D eigenvalue weighted by molar-refractivity contribution is -0.0532. The van der Waals surface area contributed by atoms with Crippen LogP contribution in [-0.4, -0.2) is 55.6 Å². The Balaban J connectivity index is 1.43. The van der Waals surface area contributed by atoms with Crippen molar-refractivity contribution in [1.29, 1.82) is 0 Å². The highest BCUT2D eigenvalue weighted by Gasteiger charge is 2.28. The predicted molar refractivity (Wildman–Crippen MR) is 87.4 cm³/mol. The molecule has 3 aromatic rings. The van der Waals surface area contributed by atoms with Crippen LogP contribution in [0.3, 0.4) is 0 Å². The first-order chi connectivity index (χ1) is 11.8. The van der Waals surface area contributed by atoms with Gasteiger partial charge in [0.15, 0.2) is 0 Å². The molecule has 0 spiro atoms. The maximum absolute atomic E-state index is 5.84. The van der Waals surface area contributed by atoms with E-state index >= 15 is 0 Å². The molecule has 1 aliphatic heterocycles. The highest BCUT2D eigenvalue weighted by molar-refractivity contribution is 7.13. The van der Waals surface area contributed by atoms with Crippen LogP contribution in [0.15, 0.2) is 34.7 Å². The Bertz CT molecular complexity index is 757. The molecule has 4 rings (SSSR count). The van der Waals surface area contributed by atoms with Crippen LogP contribution in [0.5, 0.6) is 0 Å². The van der Waals surface area contributed by atoms with Gasteiger partial charge in [-0.2, -0.15) is 10.1 Å². The standard InChI is InChI=1S/C15H18N6O2S/c1-11(15-18-14(19-23-15)13-3-2-6-24-13)20-4-5-22-12(7-20)8-21-10-16-9-17-21/h2-3,6,9-12H,4-5,7-8H2,1H3/t11-,12-/m0/s1. The highest BCUT2D eigenvalue weighted by Crippen LogP contribution is 2.26. The minimum absolute atomic E-state index is 0.0494. The average Bonchev–Trinajstić information content (AvgIpc) is 3.35. The van der Waals surface area contributed by atoms with E-state index in [9.17, 15) is 0 Å². The van der Waals surface area contributed by atoms with Gasteiger partial charge in [0, 0.05) is 13.1 Å². The second-order valence-corrected chi connectivity index (χ2v) is 6.66. The molecule has 1 fully saturated rings. The number of hydrogen-bond donors (Lipinski definition) is 0. The Morgan fingerprint density at radius 1 is 1.46 bits per heavy atom. The van der Waals surface area contributed by atoms with E-state index in [-0.39, 0.29) is 12.1 Å². The van der Waals surface area contributed by atoms with Crippen LogP contribution in [0, 0.1) is 0 Å². The third kappa shape index (κ3) is 3.23. The molecular formula is C15H18N6O2S. The Morgan fingerprint density at radius 2 is 2.42 bits per heavy atom. The summed E-state index contributed by atoms with van der Waals surface area (Å²) in [5, 5.41) is 10.2. The molecule has 24 heavy (non-hydrogen) atoms. The average molecular weight is 346 g/mol. The Kier molecular flexibility index (Phi) is 4.37. The summed E-state index contributed by atoms with van der Waals surface area (Å²) in [4.78, 5) is 11.8. The van der Waals surface area contributed by atoms with Gasteiger partial charge in [0.05, 0.1) is 30.2 Å². The van der Waals surface area contributed by atoms with Crippen LogP contribution >= 0.6 is 11.3 Å². The van der Waals surface area contributed by atoms with E-state index in [0.29, 0.717) is 24.9 Å². The molecule has 0 saturated carbocycles. The monoisotopic (exact) mass is 346 g/mol. The van der Waals surface area contributed by atoms with E-state index in [0.717, 1.165) is 18.0 Å². The summed E-state index contributed by atoms with van der Waals surface area (Å²) in [6.07, 6.45) is 3.31. The van der Waals surface area contributed by atoms with E-state index in [4.69, 9.17) is 9.26 Å².